The first kappa shape index (κ1) is 10.4. The molecule has 0 bridgehead atoms. The molecular weight excluding hydrogens is 172 g/mol. The highest BCUT2D eigenvalue weighted by Crippen LogP contribution is 2.33. The van der Waals surface area contributed by atoms with E-state index in [-0.39, 0.29) is 0 Å². The van der Waals surface area contributed by atoms with Gasteiger partial charge in [0.25, 0.3) is 0 Å². The second kappa shape index (κ2) is 4.63. The minimum absolute atomic E-state index is 0.687. The second-order valence-corrected chi connectivity index (χ2v) is 5.24. The van der Waals surface area contributed by atoms with Gasteiger partial charge in [-0.05, 0) is 39.2 Å². The molecule has 1 saturated heterocycles. The van der Waals surface area contributed by atoms with Gasteiger partial charge < -0.3 is 5.32 Å². The SMILES string of the molecule is CC1CN(CCCC2CC2)C(C)CN1. The maximum atomic E-state index is 3.53. The molecule has 0 spiro atoms. The van der Waals surface area contributed by atoms with Crippen molar-refractivity contribution in [2.45, 2.75) is 51.6 Å². The summed E-state index contributed by atoms with van der Waals surface area (Å²) in [6.45, 7) is 8.37. The summed E-state index contributed by atoms with van der Waals surface area (Å²) < 4.78 is 0. The van der Waals surface area contributed by atoms with Crippen LogP contribution in [0.1, 0.15) is 39.5 Å². The minimum atomic E-state index is 0.687. The first-order chi connectivity index (χ1) is 6.75. The molecule has 0 aromatic rings. The summed E-state index contributed by atoms with van der Waals surface area (Å²) in [5.74, 6) is 1.10. The Morgan fingerprint density at radius 3 is 2.79 bits per heavy atom. The Bertz CT molecular complexity index is 177. The zero-order valence-electron chi connectivity index (χ0n) is 9.63. The summed E-state index contributed by atoms with van der Waals surface area (Å²) in [4.78, 5) is 2.66. The molecule has 1 N–H and O–H groups in total. The molecule has 1 aliphatic carbocycles. The lowest BCUT2D eigenvalue weighted by atomic mass is 10.1. The predicted molar refractivity (Wildman–Crippen MR) is 60.5 cm³/mol. The van der Waals surface area contributed by atoms with Crippen LogP contribution in [-0.2, 0) is 0 Å². The first-order valence-electron chi connectivity index (χ1n) is 6.23. The smallest absolute Gasteiger partial charge is 0.0193 e. The van der Waals surface area contributed by atoms with Crippen LogP contribution in [0.2, 0.25) is 0 Å². The molecule has 0 aromatic heterocycles. The molecule has 2 aliphatic rings. The summed E-state index contributed by atoms with van der Waals surface area (Å²) >= 11 is 0. The van der Waals surface area contributed by atoms with Crippen LogP contribution in [0, 0.1) is 5.92 Å². The Labute approximate surface area is 88.1 Å². The van der Waals surface area contributed by atoms with E-state index >= 15 is 0 Å². The van der Waals surface area contributed by atoms with Crippen LogP contribution in [0.5, 0.6) is 0 Å². The van der Waals surface area contributed by atoms with Crippen LogP contribution >= 0.6 is 0 Å². The van der Waals surface area contributed by atoms with Gasteiger partial charge in [0, 0.05) is 25.2 Å². The van der Waals surface area contributed by atoms with E-state index in [0.717, 1.165) is 12.0 Å². The van der Waals surface area contributed by atoms with Crippen molar-refractivity contribution in [1.29, 1.82) is 0 Å². The average molecular weight is 196 g/mol. The van der Waals surface area contributed by atoms with Gasteiger partial charge in [-0.3, -0.25) is 4.90 Å². The fraction of sp³-hybridized carbons (Fsp3) is 1.00. The molecule has 14 heavy (non-hydrogen) atoms. The Morgan fingerprint density at radius 2 is 2.07 bits per heavy atom. The fourth-order valence-electron chi connectivity index (χ4n) is 2.40. The summed E-state index contributed by atoms with van der Waals surface area (Å²) in [6, 6.07) is 1.43. The van der Waals surface area contributed by atoms with Crippen molar-refractivity contribution in [2.24, 2.45) is 5.92 Å². The van der Waals surface area contributed by atoms with Gasteiger partial charge in [-0.25, -0.2) is 0 Å². The summed E-state index contributed by atoms with van der Waals surface area (Å²) in [6.07, 6.45) is 5.91. The van der Waals surface area contributed by atoms with Crippen molar-refractivity contribution in [2.75, 3.05) is 19.6 Å². The fourth-order valence-corrected chi connectivity index (χ4v) is 2.40. The maximum Gasteiger partial charge on any atom is 0.0193 e. The lowest BCUT2D eigenvalue weighted by Gasteiger charge is -2.37. The molecule has 1 aliphatic heterocycles. The Hall–Kier alpha value is -0.0800. The molecule has 1 heterocycles. The molecule has 0 radical (unpaired) electrons. The molecule has 0 amide bonds. The van der Waals surface area contributed by atoms with Crippen LogP contribution in [0.4, 0.5) is 0 Å². The van der Waals surface area contributed by atoms with E-state index in [1.54, 1.807) is 0 Å². The van der Waals surface area contributed by atoms with Gasteiger partial charge in [-0.2, -0.15) is 0 Å². The Morgan fingerprint density at radius 1 is 1.29 bits per heavy atom. The highest BCUT2D eigenvalue weighted by molar-refractivity contribution is 4.82. The monoisotopic (exact) mass is 196 g/mol. The van der Waals surface area contributed by atoms with Crippen molar-refractivity contribution >= 4 is 0 Å². The van der Waals surface area contributed by atoms with Crippen LogP contribution < -0.4 is 5.32 Å². The van der Waals surface area contributed by atoms with Crippen molar-refractivity contribution < 1.29 is 0 Å². The van der Waals surface area contributed by atoms with Crippen LogP contribution in [-0.4, -0.2) is 36.6 Å². The number of hydrogen-bond donors (Lipinski definition) is 1. The van der Waals surface area contributed by atoms with Gasteiger partial charge >= 0.3 is 0 Å². The van der Waals surface area contributed by atoms with Gasteiger partial charge in [0.15, 0.2) is 0 Å². The third-order valence-electron chi connectivity index (χ3n) is 3.65. The van der Waals surface area contributed by atoms with E-state index in [1.165, 1.54) is 45.3 Å². The summed E-state index contributed by atoms with van der Waals surface area (Å²) in [5, 5.41) is 3.53. The molecule has 2 nitrogen and oxygen atoms in total. The molecule has 2 fully saturated rings. The Kier molecular flexibility index (Phi) is 3.45. The maximum absolute atomic E-state index is 3.53. The standard InChI is InChI=1S/C12H24N2/c1-10-9-14(11(2)8-13-10)7-3-4-12-5-6-12/h10-13H,3-9H2,1-2H3. The minimum Gasteiger partial charge on any atom is -0.311 e. The van der Waals surface area contributed by atoms with Crippen molar-refractivity contribution in [3.8, 4) is 0 Å². The lowest BCUT2D eigenvalue weighted by molar-refractivity contribution is 0.143. The molecule has 2 atom stereocenters. The zero-order chi connectivity index (χ0) is 9.97. The van der Waals surface area contributed by atoms with Gasteiger partial charge in [0.2, 0.25) is 0 Å². The van der Waals surface area contributed by atoms with E-state index in [1.807, 2.05) is 0 Å². The molecule has 2 rings (SSSR count). The van der Waals surface area contributed by atoms with Crippen LogP contribution in [0.25, 0.3) is 0 Å². The van der Waals surface area contributed by atoms with E-state index in [0.29, 0.717) is 6.04 Å². The summed E-state index contributed by atoms with van der Waals surface area (Å²) in [5.41, 5.74) is 0. The summed E-state index contributed by atoms with van der Waals surface area (Å²) in [7, 11) is 0. The molecule has 2 heteroatoms. The highest BCUT2D eigenvalue weighted by Gasteiger charge is 2.24. The zero-order valence-corrected chi connectivity index (χ0v) is 9.63. The molecule has 0 aromatic carbocycles. The average Bonchev–Trinajstić information content (AvgIpc) is 2.95. The normalized spacial score (nSPS) is 34.7. The quantitative estimate of drug-likeness (QED) is 0.738. The number of piperazine rings is 1. The first-order valence-corrected chi connectivity index (χ1v) is 6.23. The van der Waals surface area contributed by atoms with Gasteiger partial charge in [-0.1, -0.05) is 12.8 Å². The van der Waals surface area contributed by atoms with E-state index < -0.39 is 0 Å². The molecule has 82 valence electrons. The molecule has 1 saturated carbocycles. The highest BCUT2D eigenvalue weighted by atomic mass is 15.2. The number of hydrogen-bond acceptors (Lipinski definition) is 2. The third-order valence-corrected chi connectivity index (χ3v) is 3.65. The van der Waals surface area contributed by atoms with Crippen molar-refractivity contribution in [3.63, 3.8) is 0 Å². The van der Waals surface area contributed by atoms with E-state index in [2.05, 4.69) is 24.1 Å². The van der Waals surface area contributed by atoms with Crippen molar-refractivity contribution in [1.82, 2.24) is 10.2 Å². The van der Waals surface area contributed by atoms with Crippen LogP contribution in [0.3, 0.4) is 0 Å². The van der Waals surface area contributed by atoms with Crippen molar-refractivity contribution in [3.05, 3.63) is 0 Å². The largest absolute Gasteiger partial charge is 0.311 e. The number of nitrogens with one attached hydrogen (secondary N) is 1. The topological polar surface area (TPSA) is 15.3 Å². The third kappa shape index (κ3) is 2.96. The Balaban J connectivity index is 1.65. The van der Waals surface area contributed by atoms with Gasteiger partial charge in [0.05, 0.1) is 0 Å². The molecule has 2 unspecified atom stereocenters. The second-order valence-electron chi connectivity index (χ2n) is 5.24. The van der Waals surface area contributed by atoms with E-state index in [9.17, 15) is 0 Å². The number of nitrogens with zero attached hydrogens (tertiary/aromatic N) is 1. The predicted octanol–water partition coefficient (Wildman–Crippen LogP) is 1.86. The van der Waals surface area contributed by atoms with E-state index in [4.69, 9.17) is 0 Å². The van der Waals surface area contributed by atoms with Crippen LogP contribution in [0.15, 0.2) is 0 Å². The van der Waals surface area contributed by atoms with Gasteiger partial charge in [-0.15, -0.1) is 0 Å². The van der Waals surface area contributed by atoms with Gasteiger partial charge in [0.1, 0.15) is 0 Å². The number of rotatable bonds is 4. The lowest BCUT2D eigenvalue weighted by Crippen LogP contribution is -2.54. The molecular formula is C12H24N2.